The van der Waals surface area contributed by atoms with Crippen LogP contribution in [0.4, 0.5) is 0 Å². The van der Waals surface area contributed by atoms with Gasteiger partial charge < -0.3 is 4.57 Å². The average molecular weight is 334 g/mol. The first-order valence-corrected chi connectivity index (χ1v) is 8.22. The molecule has 3 nitrogen and oxygen atoms in total. The van der Waals surface area contributed by atoms with Crippen LogP contribution in [0.3, 0.4) is 0 Å². The van der Waals surface area contributed by atoms with Crippen LogP contribution in [0.25, 0.3) is 0 Å². The van der Waals surface area contributed by atoms with Gasteiger partial charge in [-0.05, 0) is 48.3 Å². The minimum Gasteiger partial charge on any atom is -0.316 e. The minimum atomic E-state index is -2.21. The Morgan fingerprint density at radius 3 is 2.13 bits per heavy atom. The highest BCUT2D eigenvalue weighted by Gasteiger charge is 2.53. The quantitative estimate of drug-likeness (QED) is 0.630. The Bertz CT molecular complexity index is 427. The lowest BCUT2D eigenvalue weighted by Gasteiger charge is -2.16. The number of hydrogen-bond acceptors (Lipinski definition) is 3. The Labute approximate surface area is 103 Å². The molecule has 0 aromatic carbocycles. The van der Waals surface area contributed by atoms with Gasteiger partial charge in [-0.25, -0.2) is 9.97 Å². The maximum absolute atomic E-state index is 13.1. The van der Waals surface area contributed by atoms with Gasteiger partial charge in [0.05, 0.1) is 0 Å². The van der Waals surface area contributed by atoms with E-state index in [1.807, 2.05) is 0 Å². The van der Waals surface area contributed by atoms with Gasteiger partial charge in [-0.15, -0.1) is 0 Å². The predicted molar refractivity (Wildman–Crippen MR) is 68.0 cm³/mol. The van der Waals surface area contributed by atoms with Crippen molar-refractivity contribution < 1.29 is 4.57 Å². The van der Waals surface area contributed by atoms with Crippen molar-refractivity contribution in [1.29, 1.82) is 0 Å². The molecule has 2 aliphatic carbocycles. The van der Waals surface area contributed by atoms with Crippen LogP contribution >= 0.6 is 29.7 Å². The van der Waals surface area contributed by atoms with Gasteiger partial charge in [0.2, 0.25) is 0 Å². The highest BCUT2D eigenvalue weighted by molar-refractivity contribution is 14.1. The van der Waals surface area contributed by atoms with E-state index in [9.17, 15) is 4.57 Å². The largest absolute Gasteiger partial charge is 0.316 e. The summed E-state index contributed by atoms with van der Waals surface area (Å²) in [5, 5.41) is 0. The monoisotopic (exact) mass is 334 g/mol. The third-order valence-corrected chi connectivity index (χ3v) is 8.55. The van der Waals surface area contributed by atoms with Crippen molar-refractivity contribution in [2.24, 2.45) is 0 Å². The van der Waals surface area contributed by atoms with E-state index in [4.69, 9.17) is 0 Å². The van der Waals surface area contributed by atoms with E-state index in [-0.39, 0.29) is 0 Å². The normalized spacial score (nSPS) is 21.7. The van der Waals surface area contributed by atoms with Gasteiger partial charge in [-0.2, -0.15) is 0 Å². The lowest BCUT2D eigenvalue weighted by molar-refractivity contribution is 0.578. The Kier molecular flexibility index (Phi) is 2.40. The zero-order valence-electron chi connectivity index (χ0n) is 8.27. The number of nitrogens with zero attached hydrogens (tertiary/aromatic N) is 2. The van der Waals surface area contributed by atoms with Crippen molar-refractivity contribution in [3.05, 3.63) is 16.1 Å². The van der Waals surface area contributed by atoms with Crippen LogP contribution < -0.4 is 5.44 Å². The van der Waals surface area contributed by atoms with Crippen LogP contribution in [0.1, 0.15) is 25.7 Å². The molecule has 0 amide bonds. The molecule has 0 radical (unpaired) electrons. The molecule has 0 saturated heterocycles. The molecule has 0 spiro atoms. The Hall–Kier alpha value is 0.0400. The number of aromatic nitrogens is 2. The van der Waals surface area contributed by atoms with Gasteiger partial charge >= 0.3 is 0 Å². The van der Waals surface area contributed by atoms with E-state index in [1.165, 1.54) is 0 Å². The van der Waals surface area contributed by atoms with Crippen LogP contribution in [0.5, 0.6) is 0 Å². The molecule has 1 aromatic rings. The molecule has 2 fully saturated rings. The third kappa shape index (κ3) is 1.66. The van der Waals surface area contributed by atoms with Crippen LogP contribution in [0.2, 0.25) is 0 Å². The molecule has 1 heterocycles. The highest BCUT2D eigenvalue weighted by atomic mass is 127. The first-order valence-electron chi connectivity index (χ1n) is 5.29. The first kappa shape index (κ1) is 10.2. The topological polar surface area (TPSA) is 42.9 Å². The molecule has 80 valence electrons. The lowest BCUT2D eigenvalue weighted by atomic mass is 10.8. The molecule has 0 aliphatic heterocycles. The summed E-state index contributed by atoms with van der Waals surface area (Å²) in [6.07, 6.45) is 7.85. The second-order valence-electron chi connectivity index (χ2n) is 4.34. The SMILES string of the molecule is O=P(c1nccnc1I)(C1CC1)C1CC1. The Morgan fingerprint density at radius 1 is 1.13 bits per heavy atom. The first-order chi connectivity index (χ1) is 7.23. The van der Waals surface area contributed by atoms with Gasteiger partial charge in [0, 0.05) is 23.7 Å². The number of rotatable bonds is 3. The Morgan fingerprint density at radius 2 is 1.67 bits per heavy atom. The van der Waals surface area contributed by atoms with Crippen molar-refractivity contribution in [2.45, 2.75) is 37.0 Å². The molecule has 2 aliphatic rings. The molecule has 2 saturated carbocycles. The number of hydrogen-bond donors (Lipinski definition) is 0. The Balaban J connectivity index is 2.09. The van der Waals surface area contributed by atoms with Gasteiger partial charge in [-0.1, -0.05) is 0 Å². The summed E-state index contributed by atoms with van der Waals surface area (Å²) in [4.78, 5) is 8.56. The highest BCUT2D eigenvalue weighted by Crippen LogP contribution is 2.69. The summed E-state index contributed by atoms with van der Waals surface area (Å²) in [7, 11) is -2.21. The fourth-order valence-electron chi connectivity index (χ4n) is 2.11. The zero-order valence-corrected chi connectivity index (χ0v) is 11.3. The standard InChI is InChI=1S/C10H12IN2OP/c11-9-10(13-6-5-12-9)15(14,7-1-2-7)8-3-4-8/h5-8H,1-4H2. The maximum atomic E-state index is 13.1. The number of halogens is 1. The van der Waals surface area contributed by atoms with Crippen molar-refractivity contribution in [3.63, 3.8) is 0 Å². The smallest absolute Gasteiger partial charge is 0.141 e. The molecule has 3 rings (SSSR count). The van der Waals surface area contributed by atoms with Crippen LogP contribution in [-0.4, -0.2) is 21.3 Å². The molecule has 15 heavy (non-hydrogen) atoms. The van der Waals surface area contributed by atoms with Crippen molar-refractivity contribution in [2.75, 3.05) is 0 Å². The van der Waals surface area contributed by atoms with E-state index < -0.39 is 7.14 Å². The van der Waals surface area contributed by atoms with E-state index in [1.54, 1.807) is 12.4 Å². The van der Waals surface area contributed by atoms with Crippen molar-refractivity contribution >= 4 is 35.2 Å². The average Bonchev–Trinajstić information content (AvgIpc) is 3.06. The fourth-order valence-corrected chi connectivity index (χ4v) is 7.25. The molecule has 0 N–H and O–H groups in total. The van der Waals surface area contributed by atoms with Crippen molar-refractivity contribution in [3.8, 4) is 0 Å². The van der Waals surface area contributed by atoms with Gasteiger partial charge in [0.1, 0.15) is 16.3 Å². The summed E-state index contributed by atoms with van der Waals surface area (Å²) in [6.45, 7) is 0. The third-order valence-electron chi connectivity index (χ3n) is 3.15. The van der Waals surface area contributed by atoms with Gasteiger partial charge in [-0.3, -0.25) is 0 Å². The van der Waals surface area contributed by atoms with Crippen LogP contribution in [0, 0.1) is 3.70 Å². The maximum Gasteiger partial charge on any atom is 0.141 e. The predicted octanol–water partition coefficient (Wildman–Crippen LogP) is 2.39. The molecule has 0 unspecified atom stereocenters. The van der Waals surface area contributed by atoms with Crippen LogP contribution in [-0.2, 0) is 4.57 Å². The minimum absolute atomic E-state index is 0.426. The molecular weight excluding hydrogens is 322 g/mol. The second kappa shape index (κ2) is 3.52. The van der Waals surface area contributed by atoms with E-state index in [0.717, 1.165) is 34.8 Å². The lowest BCUT2D eigenvalue weighted by Crippen LogP contribution is -2.20. The molecule has 0 atom stereocenters. The zero-order chi connectivity index (χ0) is 10.5. The summed E-state index contributed by atoms with van der Waals surface area (Å²) in [6, 6.07) is 0. The second-order valence-corrected chi connectivity index (χ2v) is 8.67. The molecule has 5 heteroatoms. The fraction of sp³-hybridized carbons (Fsp3) is 0.600. The summed E-state index contributed by atoms with van der Waals surface area (Å²) < 4.78 is 13.9. The van der Waals surface area contributed by atoms with Gasteiger partial charge in [0.25, 0.3) is 0 Å². The molecular formula is C10H12IN2OP. The summed E-state index contributed by atoms with van der Waals surface area (Å²) in [5.41, 5.74) is 1.67. The summed E-state index contributed by atoms with van der Waals surface area (Å²) >= 11 is 2.16. The molecule has 1 aromatic heterocycles. The van der Waals surface area contributed by atoms with Gasteiger partial charge in [0.15, 0.2) is 0 Å². The van der Waals surface area contributed by atoms with E-state index >= 15 is 0 Å². The van der Waals surface area contributed by atoms with Crippen molar-refractivity contribution in [1.82, 2.24) is 9.97 Å². The molecule has 0 bridgehead atoms. The van der Waals surface area contributed by atoms with E-state index in [0.29, 0.717) is 11.3 Å². The van der Waals surface area contributed by atoms with Crippen LogP contribution in [0.15, 0.2) is 12.4 Å². The summed E-state index contributed by atoms with van der Waals surface area (Å²) in [5.74, 6) is 0. The van der Waals surface area contributed by atoms with E-state index in [2.05, 4.69) is 32.6 Å².